The second kappa shape index (κ2) is 7.88. The first-order valence-electron chi connectivity index (χ1n) is 9.99. The van der Waals surface area contributed by atoms with Gasteiger partial charge in [-0.15, -0.1) is 0 Å². The van der Waals surface area contributed by atoms with Gasteiger partial charge >= 0.3 is 0 Å². The van der Waals surface area contributed by atoms with Crippen molar-refractivity contribution in [3.63, 3.8) is 0 Å². The van der Waals surface area contributed by atoms with Crippen LogP contribution in [0.3, 0.4) is 0 Å². The first kappa shape index (κ1) is 20.0. The van der Waals surface area contributed by atoms with Crippen molar-refractivity contribution in [2.24, 2.45) is 5.41 Å². The number of halogens is 1. The largest absolute Gasteiger partial charge is 0.335 e. The van der Waals surface area contributed by atoms with Gasteiger partial charge in [0, 0.05) is 31.0 Å². The van der Waals surface area contributed by atoms with E-state index in [0.29, 0.717) is 19.4 Å². The molecule has 2 aromatic rings. The Kier molecular flexibility index (Phi) is 5.44. The maximum Gasteiger partial charge on any atom is 0.243 e. The number of benzene rings is 2. The van der Waals surface area contributed by atoms with Crippen LogP contribution in [0.25, 0.3) is 0 Å². The van der Waals surface area contributed by atoms with Crippen LogP contribution in [0.4, 0.5) is 4.39 Å². The Morgan fingerprint density at radius 3 is 2.55 bits per heavy atom. The summed E-state index contributed by atoms with van der Waals surface area (Å²) in [6.45, 7) is 0.749. The van der Waals surface area contributed by atoms with Gasteiger partial charge < -0.3 is 4.90 Å². The average molecular weight is 417 g/mol. The minimum Gasteiger partial charge on any atom is -0.335 e. The SMILES string of the molecule is O=C1CC[C@]2(CNS(=O)(=O)c3ccccc3F)CCC[C@H]2N1Cc1ccccc1. The van der Waals surface area contributed by atoms with Crippen LogP contribution >= 0.6 is 0 Å². The van der Waals surface area contributed by atoms with E-state index in [1.807, 2.05) is 35.2 Å². The number of amides is 1. The maximum atomic E-state index is 14.0. The molecule has 7 heteroatoms. The fourth-order valence-electron chi connectivity index (χ4n) is 4.82. The summed E-state index contributed by atoms with van der Waals surface area (Å²) in [6, 6.07) is 15.2. The standard InChI is InChI=1S/C22H25FN2O3S/c23-18-9-4-5-10-19(18)29(27,28)24-16-22-13-6-11-20(22)25(21(26)12-14-22)15-17-7-2-1-3-8-17/h1-5,7-10,20,24H,6,11-16H2/t20-,22+/m1/s1. The van der Waals surface area contributed by atoms with E-state index in [1.165, 1.54) is 18.2 Å². The Hall–Kier alpha value is -2.25. The highest BCUT2D eigenvalue weighted by molar-refractivity contribution is 7.89. The number of hydrogen-bond donors (Lipinski definition) is 1. The topological polar surface area (TPSA) is 66.5 Å². The first-order chi connectivity index (χ1) is 13.9. The number of likely N-dealkylation sites (tertiary alicyclic amines) is 1. The van der Waals surface area contributed by atoms with E-state index in [4.69, 9.17) is 0 Å². The molecule has 5 nitrogen and oxygen atoms in total. The lowest BCUT2D eigenvalue weighted by Crippen LogP contribution is -2.55. The summed E-state index contributed by atoms with van der Waals surface area (Å²) in [5, 5.41) is 0. The summed E-state index contributed by atoms with van der Waals surface area (Å²) in [5.41, 5.74) is 0.761. The average Bonchev–Trinajstić information content (AvgIpc) is 3.15. The highest BCUT2D eigenvalue weighted by atomic mass is 32.2. The Morgan fingerprint density at radius 1 is 1.07 bits per heavy atom. The molecule has 0 spiro atoms. The quantitative estimate of drug-likeness (QED) is 0.784. The molecule has 1 heterocycles. The lowest BCUT2D eigenvalue weighted by atomic mass is 9.74. The van der Waals surface area contributed by atoms with Crippen molar-refractivity contribution >= 4 is 15.9 Å². The van der Waals surface area contributed by atoms with Gasteiger partial charge in [0.25, 0.3) is 0 Å². The van der Waals surface area contributed by atoms with Gasteiger partial charge in [0.2, 0.25) is 15.9 Å². The van der Waals surface area contributed by atoms with Crippen molar-refractivity contribution in [3.05, 3.63) is 66.0 Å². The summed E-state index contributed by atoms with van der Waals surface area (Å²) in [4.78, 5) is 14.3. The van der Waals surface area contributed by atoms with E-state index in [0.717, 1.165) is 30.9 Å². The van der Waals surface area contributed by atoms with E-state index in [9.17, 15) is 17.6 Å². The van der Waals surface area contributed by atoms with Crippen molar-refractivity contribution < 1.29 is 17.6 Å². The molecule has 0 bridgehead atoms. The Morgan fingerprint density at radius 2 is 1.79 bits per heavy atom. The number of rotatable bonds is 6. The first-order valence-corrected chi connectivity index (χ1v) is 11.5. The van der Waals surface area contributed by atoms with Crippen LogP contribution in [0, 0.1) is 11.2 Å². The van der Waals surface area contributed by atoms with Crippen LogP contribution in [-0.2, 0) is 21.4 Å². The van der Waals surface area contributed by atoms with E-state index in [1.54, 1.807) is 0 Å². The third-order valence-electron chi connectivity index (χ3n) is 6.33. The van der Waals surface area contributed by atoms with Crippen LogP contribution in [0.1, 0.15) is 37.7 Å². The molecule has 2 atom stereocenters. The number of carbonyl (C=O) groups is 1. The molecule has 2 fully saturated rings. The summed E-state index contributed by atoms with van der Waals surface area (Å²) < 4.78 is 42.0. The van der Waals surface area contributed by atoms with Gasteiger partial charge in [-0.3, -0.25) is 4.79 Å². The number of nitrogens with zero attached hydrogens (tertiary/aromatic N) is 1. The predicted molar refractivity (Wildman–Crippen MR) is 108 cm³/mol. The number of hydrogen-bond acceptors (Lipinski definition) is 3. The van der Waals surface area contributed by atoms with E-state index in [-0.39, 0.29) is 28.8 Å². The van der Waals surface area contributed by atoms with Crippen LogP contribution in [0.15, 0.2) is 59.5 Å². The normalized spacial score (nSPS) is 24.5. The van der Waals surface area contributed by atoms with Crippen LogP contribution in [0.2, 0.25) is 0 Å². The fourth-order valence-corrected chi connectivity index (χ4v) is 6.04. The Bertz CT molecular complexity index is 996. The number of sulfonamides is 1. The maximum absolute atomic E-state index is 14.0. The molecule has 1 amide bonds. The van der Waals surface area contributed by atoms with Gasteiger partial charge in [-0.25, -0.2) is 17.5 Å². The van der Waals surface area contributed by atoms with Crippen molar-refractivity contribution in [2.75, 3.05) is 6.54 Å². The molecular formula is C22H25FN2O3S. The highest BCUT2D eigenvalue weighted by Gasteiger charge is 2.50. The molecule has 1 N–H and O–H groups in total. The highest BCUT2D eigenvalue weighted by Crippen LogP contribution is 2.48. The molecule has 29 heavy (non-hydrogen) atoms. The second-order valence-electron chi connectivity index (χ2n) is 8.03. The minimum absolute atomic E-state index is 0.00715. The third-order valence-corrected chi connectivity index (χ3v) is 7.76. The van der Waals surface area contributed by atoms with Crippen LogP contribution in [-0.4, -0.2) is 31.8 Å². The Labute approximate surface area is 171 Å². The summed E-state index contributed by atoms with van der Waals surface area (Å²) in [7, 11) is -3.95. The minimum atomic E-state index is -3.95. The third kappa shape index (κ3) is 3.94. The molecule has 1 saturated heterocycles. The number of piperidine rings is 1. The summed E-state index contributed by atoms with van der Waals surface area (Å²) in [6.07, 6.45) is 3.73. The zero-order valence-electron chi connectivity index (χ0n) is 16.2. The fraction of sp³-hybridized carbons (Fsp3) is 0.409. The van der Waals surface area contributed by atoms with E-state index in [2.05, 4.69) is 4.72 Å². The molecule has 1 aliphatic heterocycles. The lowest BCUT2D eigenvalue weighted by Gasteiger charge is -2.46. The monoisotopic (exact) mass is 416 g/mol. The molecule has 0 aromatic heterocycles. The van der Waals surface area contributed by atoms with Crippen molar-refractivity contribution in [1.82, 2.24) is 9.62 Å². The molecule has 154 valence electrons. The molecule has 1 aliphatic carbocycles. The summed E-state index contributed by atoms with van der Waals surface area (Å²) >= 11 is 0. The predicted octanol–water partition coefficient (Wildman–Crippen LogP) is 3.47. The van der Waals surface area contributed by atoms with Crippen molar-refractivity contribution in [3.8, 4) is 0 Å². The number of nitrogens with one attached hydrogen (secondary N) is 1. The van der Waals surface area contributed by atoms with Crippen molar-refractivity contribution in [2.45, 2.75) is 49.6 Å². The van der Waals surface area contributed by atoms with Gasteiger partial charge in [-0.2, -0.15) is 0 Å². The lowest BCUT2D eigenvalue weighted by molar-refractivity contribution is -0.142. The molecule has 4 rings (SSSR count). The second-order valence-corrected chi connectivity index (χ2v) is 9.77. The molecule has 2 aromatic carbocycles. The summed E-state index contributed by atoms with van der Waals surface area (Å²) in [5.74, 6) is -0.640. The van der Waals surface area contributed by atoms with Gasteiger partial charge in [0.15, 0.2) is 0 Å². The van der Waals surface area contributed by atoms with Gasteiger partial charge in [-0.1, -0.05) is 48.9 Å². The molecule has 0 unspecified atom stereocenters. The smallest absolute Gasteiger partial charge is 0.243 e. The number of fused-ring (bicyclic) bond motifs is 1. The van der Waals surface area contributed by atoms with Crippen molar-refractivity contribution in [1.29, 1.82) is 0 Å². The number of carbonyl (C=O) groups excluding carboxylic acids is 1. The molecule has 0 radical (unpaired) electrons. The zero-order valence-corrected chi connectivity index (χ0v) is 17.0. The molecular weight excluding hydrogens is 391 g/mol. The zero-order chi connectivity index (χ0) is 20.5. The van der Waals surface area contributed by atoms with Gasteiger partial charge in [0.1, 0.15) is 10.7 Å². The molecule has 1 saturated carbocycles. The Balaban J connectivity index is 1.55. The van der Waals surface area contributed by atoms with Gasteiger partial charge in [-0.05, 0) is 37.0 Å². The van der Waals surface area contributed by atoms with E-state index >= 15 is 0 Å². The molecule has 2 aliphatic rings. The van der Waals surface area contributed by atoms with Gasteiger partial charge in [0.05, 0.1) is 0 Å². The van der Waals surface area contributed by atoms with Crippen LogP contribution in [0.5, 0.6) is 0 Å². The van der Waals surface area contributed by atoms with Crippen LogP contribution < -0.4 is 4.72 Å². The van der Waals surface area contributed by atoms with E-state index < -0.39 is 15.8 Å².